The van der Waals surface area contributed by atoms with Gasteiger partial charge in [-0.3, -0.25) is 0 Å². The van der Waals surface area contributed by atoms with Crippen LogP contribution in [0.25, 0.3) is 85.6 Å². The van der Waals surface area contributed by atoms with Gasteiger partial charge in [0.25, 0.3) is 0 Å². The summed E-state index contributed by atoms with van der Waals surface area (Å²) < 4.78 is 9.36. The van der Waals surface area contributed by atoms with Crippen LogP contribution in [0.5, 0.6) is 0 Å². The zero-order valence-corrected chi connectivity index (χ0v) is 73.7. The molecule has 9 heterocycles. The molecule has 0 saturated heterocycles. The lowest BCUT2D eigenvalue weighted by atomic mass is 9.96. The summed E-state index contributed by atoms with van der Waals surface area (Å²) in [5.74, 6) is 4.33. The highest BCUT2D eigenvalue weighted by Gasteiger charge is 2.26. The van der Waals surface area contributed by atoms with Gasteiger partial charge in [-0.05, 0) is 122 Å². The molecular formula is C90H109Cl2N13OS4. The first-order valence-electron chi connectivity index (χ1n) is 37.2. The normalized spacial score (nSPS) is 12.2. The molecule has 0 bridgehead atoms. The lowest BCUT2D eigenvalue weighted by Gasteiger charge is -2.13. The number of para-hydroxylation sites is 5. The number of hydrogen-bond donors (Lipinski definition) is 3. The molecule has 0 amide bonds. The predicted molar refractivity (Wildman–Crippen MR) is 473 cm³/mol. The summed E-state index contributed by atoms with van der Waals surface area (Å²) in [6, 6.07) is 54.6. The molecule has 0 saturated carbocycles. The fourth-order valence-corrected chi connectivity index (χ4v) is 14.8. The Morgan fingerprint density at radius 3 is 1.30 bits per heavy atom. The van der Waals surface area contributed by atoms with Crippen LogP contribution in [0, 0.1) is 13.8 Å². The number of fused-ring (bicyclic) bond motifs is 7. The van der Waals surface area contributed by atoms with E-state index in [9.17, 15) is 0 Å². The maximum Gasteiger partial charge on any atom is 0.247 e. The van der Waals surface area contributed by atoms with Crippen molar-refractivity contribution in [1.29, 1.82) is 0 Å². The van der Waals surface area contributed by atoms with E-state index in [1.165, 1.54) is 35.2 Å². The molecule has 3 N–H and O–H groups in total. The largest absolute Gasteiger partial charge is 0.420 e. The van der Waals surface area contributed by atoms with Gasteiger partial charge < -0.3 is 19.4 Å². The second kappa shape index (κ2) is 34.6. The van der Waals surface area contributed by atoms with E-state index >= 15 is 0 Å². The first-order valence-corrected chi connectivity index (χ1v) is 41.2. The highest BCUT2D eigenvalue weighted by Crippen LogP contribution is 2.37. The summed E-state index contributed by atoms with van der Waals surface area (Å²) in [5, 5.41) is 14.3. The summed E-state index contributed by atoms with van der Waals surface area (Å²) >= 11 is 19.1. The zero-order valence-electron chi connectivity index (χ0n) is 68.9. The molecule has 0 aliphatic rings. The topological polar surface area (TPSA) is 189 Å². The van der Waals surface area contributed by atoms with Crippen molar-refractivity contribution < 1.29 is 4.42 Å². The number of aryl methyl sites for hydroxylation is 2. The van der Waals surface area contributed by atoms with Crippen LogP contribution in [0.1, 0.15) is 221 Å². The minimum Gasteiger partial charge on any atom is -0.420 e. The first kappa shape index (κ1) is 85.4. The number of pyridine rings is 1. The number of imidazole rings is 3. The van der Waals surface area contributed by atoms with Crippen molar-refractivity contribution in [2.24, 2.45) is 0 Å². The molecule has 14 nitrogen and oxygen atoms in total. The van der Waals surface area contributed by atoms with Gasteiger partial charge in [0.05, 0.1) is 77.8 Å². The van der Waals surface area contributed by atoms with Crippen molar-refractivity contribution in [3.05, 3.63) is 235 Å². The number of nitrogens with one attached hydrogen (secondary N) is 3. The molecule has 578 valence electrons. The van der Waals surface area contributed by atoms with E-state index in [0.29, 0.717) is 16.8 Å². The van der Waals surface area contributed by atoms with Gasteiger partial charge in [-0.1, -0.05) is 267 Å². The maximum atomic E-state index is 6.06. The zero-order chi connectivity index (χ0) is 80.7. The van der Waals surface area contributed by atoms with Crippen molar-refractivity contribution in [2.75, 3.05) is 0 Å². The average Bonchev–Trinajstić information content (AvgIpc) is 1.66. The van der Waals surface area contributed by atoms with Crippen LogP contribution in [0.15, 0.2) is 174 Å². The summed E-state index contributed by atoms with van der Waals surface area (Å²) in [6.45, 7) is 55.9. The Hall–Kier alpha value is -8.62. The molecule has 0 fully saturated rings. The second-order valence-electron chi connectivity index (χ2n) is 35.6. The second-order valence-corrected chi connectivity index (χ2v) is 40.5. The van der Waals surface area contributed by atoms with Crippen molar-refractivity contribution >= 4 is 143 Å². The molecule has 16 rings (SSSR count). The van der Waals surface area contributed by atoms with Gasteiger partial charge in [-0.2, -0.15) is 0 Å². The van der Waals surface area contributed by atoms with E-state index in [1.807, 2.05) is 103 Å². The molecule has 20 heteroatoms. The van der Waals surface area contributed by atoms with E-state index in [1.54, 1.807) is 45.3 Å². The number of benzene rings is 7. The van der Waals surface area contributed by atoms with E-state index in [2.05, 4.69) is 312 Å². The number of hydrogen-bond acceptors (Lipinski definition) is 15. The van der Waals surface area contributed by atoms with Gasteiger partial charge in [-0.25, -0.2) is 39.9 Å². The van der Waals surface area contributed by atoms with Crippen molar-refractivity contribution in [3.63, 3.8) is 0 Å². The van der Waals surface area contributed by atoms with Crippen molar-refractivity contribution in [1.82, 2.24) is 65.0 Å². The third-order valence-corrected chi connectivity index (χ3v) is 23.0. The van der Waals surface area contributed by atoms with Gasteiger partial charge in [0, 0.05) is 55.1 Å². The summed E-state index contributed by atoms with van der Waals surface area (Å²) in [5.41, 5.74) is 14.6. The Kier molecular flexibility index (Phi) is 26.8. The van der Waals surface area contributed by atoms with Crippen LogP contribution in [0.4, 0.5) is 0 Å². The van der Waals surface area contributed by atoms with Gasteiger partial charge in [0.2, 0.25) is 11.8 Å². The van der Waals surface area contributed by atoms with Gasteiger partial charge in [0.1, 0.15) is 43.9 Å². The number of H-pyrrole nitrogens is 3. The van der Waals surface area contributed by atoms with Crippen LogP contribution in [0.3, 0.4) is 0 Å². The molecule has 110 heavy (non-hydrogen) atoms. The smallest absolute Gasteiger partial charge is 0.247 e. The van der Waals surface area contributed by atoms with Gasteiger partial charge >= 0.3 is 0 Å². The van der Waals surface area contributed by atoms with E-state index in [4.69, 9.17) is 27.6 Å². The van der Waals surface area contributed by atoms with E-state index in [0.717, 1.165) is 98.1 Å². The lowest BCUT2D eigenvalue weighted by molar-refractivity contribution is 0.399. The molecule has 16 aromatic rings. The molecule has 0 aliphatic carbocycles. The SMILES string of the molecule is CC(C)(C)c1nc2c(Cl)cccc2[nH]1.CC(C)(C)c1nc2c(Cl)cccc2s1.CC(C)(C)c1nc2ccccc2[nH]1.CC(C)(C)c1nc2ccccc2s1.CC(C)(C)c1nc2cccnc2s1.CC(C)(C)c1nnc(-c2ccccc2)o1.Cc1ccc2nc(C(C)(C)C)[nH]c2c1.Cc1ccc2sc(C(C)(C)C)nc2c1. The van der Waals surface area contributed by atoms with Crippen LogP contribution in [-0.2, 0) is 43.3 Å². The molecule has 7 aromatic carbocycles. The minimum absolute atomic E-state index is 0.0301. The Labute approximate surface area is 676 Å². The average molecular weight is 1590 g/mol. The number of aromatic amines is 3. The molecule has 0 radical (unpaired) electrons. The molecule has 0 atom stereocenters. The third-order valence-electron chi connectivity index (χ3n) is 16.6. The number of rotatable bonds is 1. The summed E-state index contributed by atoms with van der Waals surface area (Å²) in [6.07, 6.45) is 1.81. The molecular weight excluding hydrogens is 1480 g/mol. The molecule has 0 aliphatic heterocycles. The number of aromatic nitrogens is 13. The van der Waals surface area contributed by atoms with E-state index in [-0.39, 0.29) is 43.3 Å². The third kappa shape index (κ3) is 23.3. The summed E-state index contributed by atoms with van der Waals surface area (Å²) in [7, 11) is 0. The van der Waals surface area contributed by atoms with Gasteiger partial charge in [-0.15, -0.1) is 44.2 Å². The minimum atomic E-state index is -0.0972. The van der Waals surface area contributed by atoms with Crippen molar-refractivity contribution in [3.8, 4) is 11.5 Å². The monoisotopic (exact) mass is 1590 g/mol. The van der Waals surface area contributed by atoms with E-state index < -0.39 is 0 Å². The van der Waals surface area contributed by atoms with Crippen molar-refractivity contribution in [2.45, 2.75) is 223 Å². The fourth-order valence-electron chi connectivity index (χ4n) is 10.2. The standard InChI is InChI=1S/C12H14N2O.C12H16N2.C12H15NS.C11H13ClN2.C11H12ClNS.C11H14N2.C11H13NS.C10H12N2S/c1-12(2,3)11-14-13-10(15-11)9-7-5-4-6-8-9;1-8-5-6-9-10(7-8)14-11(13-9)12(2,3)4;1-8-5-6-10-9(7-8)13-11(14-10)12(2,3)4;1-11(2,3)10-13-8-6-4-5-7(12)9(8)14-10;1-11(2,3)10-13-9-7(12)5-4-6-8(9)14-10;2*1-11(2,3)10-12-8-6-4-5-7-9(8)13-10;1-10(2,3)9-12-7-5-4-6-11-8(7)13-9/h4-8H,1-3H3;5-7H,1-4H3,(H,13,14);5-7H,1-4H3;4-6H,1-3H3,(H,13,14);4-6H,1-3H3;4-7H,1-3H3,(H,12,13);4-7H,1-3H3;4-6H,1-3H3. The maximum absolute atomic E-state index is 6.06. The first-order chi connectivity index (χ1) is 51.2. The highest BCUT2D eigenvalue weighted by molar-refractivity contribution is 7.19. The quantitative estimate of drug-likeness (QED) is 0.142. The molecule has 9 aromatic heterocycles. The van der Waals surface area contributed by atoms with Crippen LogP contribution < -0.4 is 0 Å². The molecule has 0 unspecified atom stereocenters. The number of thiazole rings is 4. The fraction of sp³-hybridized carbons (Fsp3) is 0.378. The summed E-state index contributed by atoms with van der Waals surface area (Å²) in [4.78, 5) is 47.2. The Morgan fingerprint density at radius 1 is 0.318 bits per heavy atom. The van der Waals surface area contributed by atoms with Gasteiger partial charge in [0.15, 0.2) is 0 Å². The highest BCUT2D eigenvalue weighted by atomic mass is 35.5. The predicted octanol–water partition coefficient (Wildman–Crippen LogP) is 27.3. The lowest BCUT2D eigenvalue weighted by Crippen LogP contribution is -2.12. The Morgan fingerprint density at radius 2 is 0.755 bits per heavy atom. The Balaban J connectivity index is 0.000000145. The molecule has 0 spiro atoms. The number of nitrogens with zero attached hydrogens (tertiary/aromatic N) is 10. The number of halogens is 2. The van der Waals surface area contributed by atoms with Crippen LogP contribution in [0.2, 0.25) is 10.0 Å². The Bertz CT molecular complexity index is 5200. The van der Waals surface area contributed by atoms with Crippen LogP contribution in [-0.4, -0.2) is 65.0 Å². The van der Waals surface area contributed by atoms with Crippen LogP contribution >= 0.6 is 68.5 Å².